The highest BCUT2D eigenvalue weighted by Gasteiger charge is 2.46. The van der Waals surface area contributed by atoms with E-state index in [9.17, 15) is 14.7 Å². The van der Waals surface area contributed by atoms with E-state index in [-0.39, 0.29) is 24.0 Å². The summed E-state index contributed by atoms with van der Waals surface area (Å²) in [6.07, 6.45) is 0.585. The summed E-state index contributed by atoms with van der Waals surface area (Å²) in [4.78, 5) is 28.2. The molecule has 8 nitrogen and oxygen atoms in total. The summed E-state index contributed by atoms with van der Waals surface area (Å²) in [6.45, 7) is 10.6. The fourth-order valence-electron chi connectivity index (χ4n) is 4.69. The number of benzene rings is 2. The number of carbonyl (C=O) groups excluding carboxylic acids is 2. The van der Waals surface area contributed by atoms with E-state index in [4.69, 9.17) is 18.9 Å². The van der Waals surface area contributed by atoms with Crippen molar-refractivity contribution in [3.63, 3.8) is 0 Å². The van der Waals surface area contributed by atoms with Crippen molar-refractivity contribution in [2.45, 2.75) is 53.2 Å². The van der Waals surface area contributed by atoms with Crippen molar-refractivity contribution in [1.82, 2.24) is 4.90 Å². The average Bonchev–Trinajstić information content (AvgIpc) is 3.10. The summed E-state index contributed by atoms with van der Waals surface area (Å²) in [5.74, 6) is -0.232. The van der Waals surface area contributed by atoms with E-state index in [1.807, 2.05) is 40.7 Å². The van der Waals surface area contributed by atoms with Crippen LogP contribution in [0.25, 0.3) is 5.76 Å². The standard InChI is InChI=1S/C29H37NO7/c1-8-36-23-16-20(10-11-22(23)34-6)25-24(26(31)21-15-18(4)14-19(5)28(21)35-7)27(32)29(33)30(25)12-9-13-37-17(2)3/h10-11,14-17,25,31H,8-9,12-13H2,1-7H3/b26-24+. The van der Waals surface area contributed by atoms with Crippen molar-refractivity contribution >= 4 is 17.4 Å². The monoisotopic (exact) mass is 511 g/mol. The van der Waals surface area contributed by atoms with Crippen molar-refractivity contribution in [3.8, 4) is 17.2 Å². The maximum atomic E-state index is 13.4. The predicted octanol–water partition coefficient (Wildman–Crippen LogP) is 4.96. The molecular weight excluding hydrogens is 474 g/mol. The molecule has 3 rings (SSSR count). The molecule has 0 saturated carbocycles. The number of Topliss-reactive ketones (excluding diaryl/α,β-unsaturated/α-hetero) is 1. The molecule has 1 aliphatic rings. The Hall–Kier alpha value is -3.52. The molecule has 37 heavy (non-hydrogen) atoms. The molecule has 1 heterocycles. The van der Waals surface area contributed by atoms with E-state index < -0.39 is 17.7 Å². The van der Waals surface area contributed by atoms with Crippen molar-refractivity contribution in [2.75, 3.05) is 34.0 Å². The van der Waals surface area contributed by atoms with Gasteiger partial charge in [-0.1, -0.05) is 12.1 Å². The Bertz CT molecular complexity index is 1190. The van der Waals surface area contributed by atoms with Gasteiger partial charge in [-0.05, 0) is 75.9 Å². The second-order valence-corrected chi connectivity index (χ2v) is 9.27. The fraction of sp³-hybridized carbons (Fsp3) is 0.448. The molecule has 0 spiro atoms. The van der Waals surface area contributed by atoms with Crippen molar-refractivity contribution < 1.29 is 33.6 Å². The molecule has 1 unspecified atom stereocenters. The third-order valence-electron chi connectivity index (χ3n) is 6.22. The van der Waals surface area contributed by atoms with Crippen molar-refractivity contribution in [2.24, 2.45) is 0 Å². The molecule has 1 N–H and O–H groups in total. The van der Waals surface area contributed by atoms with Crippen LogP contribution in [0.15, 0.2) is 35.9 Å². The first-order valence-corrected chi connectivity index (χ1v) is 12.5. The third kappa shape index (κ3) is 5.91. The lowest BCUT2D eigenvalue weighted by Crippen LogP contribution is -2.31. The summed E-state index contributed by atoms with van der Waals surface area (Å²) in [5.41, 5.74) is 2.69. The van der Waals surface area contributed by atoms with Gasteiger partial charge in [0.05, 0.1) is 44.1 Å². The van der Waals surface area contributed by atoms with Crippen molar-refractivity contribution in [3.05, 3.63) is 58.2 Å². The molecule has 0 aliphatic carbocycles. The van der Waals surface area contributed by atoms with Gasteiger partial charge in [0.1, 0.15) is 11.5 Å². The van der Waals surface area contributed by atoms with Crippen LogP contribution in [0.4, 0.5) is 0 Å². The molecular formula is C29H37NO7. The van der Waals surface area contributed by atoms with Crippen LogP contribution in [0.5, 0.6) is 17.2 Å². The zero-order chi connectivity index (χ0) is 27.3. The molecule has 8 heteroatoms. The first kappa shape index (κ1) is 28.1. The molecule has 200 valence electrons. The van der Waals surface area contributed by atoms with E-state index >= 15 is 0 Å². The average molecular weight is 512 g/mol. The van der Waals surface area contributed by atoms with Crippen LogP contribution in [0, 0.1) is 13.8 Å². The molecule has 1 amide bonds. The van der Waals surface area contributed by atoms with E-state index in [2.05, 4.69) is 0 Å². The topological polar surface area (TPSA) is 94.5 Å². The smallest absolute Gasteiger partial charge is 0.295 e. The minimum atomic E-state index is -0.824. The number of aryl methyl sites for hydroxylation is 2. The Morgan fingerprint density at radius 2 is 1.78 bits per heavy atom. The minimum Gasteiger partial charge on any atom is -0.507 e. The predicted molar refractivity (Wildman–Crippen MR) is 141 cm³/mol. The summed E-state index contributed by atoms with van der Waals surface area (Å²) < 4.78 is 22.4. The van der Waals surface area contributed by atoms with Gasteiger partial charge in [0.15, 0.2) is 11.5 Å². The number of carbonyl (C=O) groups is 2. The van der Waals surface area contributed by atoms with Gasteiger partial charge in [0.25, 0.3) is 11.7 Å². The normalized spacial score (nSPS) is 17.0. The van der Waals surface area contributed by atoms with Gasteiger partial charge < -0.3 is 29.0 Å². The van der Waals surface area contributed by atoms with Crippen molar-refractivity contribution in [1.29, 1.82) is 0 Å². The molecule has 2 aromatic carbocycles. The molecule has 0 bridgehead atoms. The summed E-state index contributed by atoms with van der Waals surface area (Å²) in [5, 5.41) is 11.6. The number of likely N-dealkylation sites (tertiary alicyclic amines) is 1. The summed E-state index contributed by atoms with van der Waals surface area (Å²) in [6, 6.07) is 8.12. The van der Waals surface area contributed by atoms with Crippen LogP contribution in [-0.2, 0) is 14.3 Å². The Labute approximate surface area is 218 Å². The lowest BCUT2D eigenvalue weighted by molar-refractivity contribution is -0.140. The molecule has 2 aromatic rings. The number of aliphatic hydroxyl groups is 1. The zero-order valence-electron chi connectivity index (χ0n) is 22.7. The van der Waals surface area contributed by atoms with Crippen LogP contribution in [-0.4, -0.2) is 61.8 Å². The lowest BCUT2D eigenvalue weighted by Gasteiger charge is -2.26. The number of aliphatic hydroxyl groups excluding tert-OH is 1. The first-order chi connectivity index (χ1) is 17.6. The number of ketones is 1. The van der Waals surface area contributed by atoms with Gasteiger partial charge in [-0.3, -0.25) is 9.59 Å². The highest BCUT2D eigenvalue weighted by atomic mass is 16.5. The molecule has 1 aliphatic heterocycles. The summed E-state index contributed by atoms with van der Waals surface area (Å²) in [7, 11) is 3.06. The molecule has 1 atom stereocenters. The van der Waals surface area contributed by atoms with Gasteiger partial charge in [-0.2, -0.15) is 0 Å². The van der Waals surface area contributed by atoms with Crippen LogP contribution in [0.1, 0.15) is 55.5 Å². The highest BCUT2D eigenvalue weighted by molar-refractivity contribution is 6.46. The van der Waals surface area contributed by atoms with Crippen LogP contribution in [0.2, 0.25) is 0 Å². The van der Waals surface area contributed by atoms with E-state index in [0.717, 1.165) is 11.1 Å². The van der Waals surface area contributed by atoms with E-state index in [1.54, 1.807) is 31.4 Å². The molecule has 0 radical (unpaired) electrons. The first-order valence-electron chi connectivity index (χ1n) is 12.5. The summed E-state index contributed by atoms with van der Waals surface area (Å²) >= 11 is 0. The van der Waals surface area contributed by atoms with Gasteiger partial charge >= 0.3 is 0 Å². The fourth-order valence-corrected chi connectivity index (χ4v) is 4.69. The molecule has 1 fully saturated rings. The van der Waals surface area contributed by atoms with Gasteiger partial charge in [-0.25, -0.2) is 0 Å². The number of hydrogen-bond donors (Lipinski definition) is 1. The van der Waals surface area contributed by atoms with E-state index in [0.29, 0.717) is 48.0 Å². The molecule has 0 aromatic heterocycles. The lowest BCUT2D eigenvalue weighted by atomic mass is 9.93. The molecule has 1 saturated heterocycles. The number of ether oxygens (including phenoxy) is 4. The SMILES string of the molecule is CCOc1cc(C2/C(=C(\O)c3cc(C)cc(C)c3OC)C(=O)C(=O)N2CCCOC(C)C)ccc1OC. The maximum absolute atomic E-state index is 13.4. The van der Waals surface area contributed by atoms with E-state index in [1.165, 1.54) is 12.0 Å². The number of rotatable bonds is 11. The Kier molecular flexibility index (Phi) is 9.21. The Morgan fingerprint density at radius 3 is 2.41 bits per heavy atom. The second kappa shape index (κ2) is 12.1. The minimum absolute atomic E-state index is 0.00527. The Balaban J connectivity index is 2.20. The zero-order valence-corrected chi connectivity index (χ0v) is 22.7. The van der Waals surface area contributed by atoms with Gasteiger partial charge in [0, 0.05) is 13.2 Å². The number of hydrogen-bond acceptors (Lipinski definition) is 7. The number of nitrogens with zero attached hydrogens (tertiary/aromatic N) is 1. The van der Waals surface area contributed by atoms with Crippen LogP contribution < -0.4 is 14.2 Å². The Morgan fingerprint density at radius 1 is 1.05 bits per heavy atom. The quantitative estimate of drug-likeness (QED) is 0.197. The second-order valence-electron chi connectivity index (χ2n) is 9.27. The largest absolute Gasteiger partial charge is 0.507 e. The van der Waals surface area contributed by atoms with Crippen LogP contribution in [0.3, 0.4) is 0 Å². The van der Waals surface area contributed by atoms with Gasteiger partial charge in [0.2, 0.25) is 0 Å². The third-order valence-corrected chi connectivity index (χ3v) is 6.22. The number of amides is 1. The van der Waals surface area contributed by atoms with Crippen LogP contribution >= 0.6 is 0 Å². The maximum Gasteiger partial charge on any atom is 0.295 e. The number of methoxy groups -OCH3 is 2. The van der Waals surface area contributed by atoms with Gasteiger partial charge in [-0.15, -0.1) is 0 Å². The highest BCUT2D eigenvalue weighted by Crippen LogP contribution is 2.43.